The second-order valence-corrected chi connectivity index (χ2v) is 4.78. The second-order valence-electron chi connectivity index (χ2n) is 3.93. The average Bonchev–Trinajstić information content (AvgIpc) is 2.31. The fourth-order valence-corrected chi connectivity index (χ4v) is 2.69. The molecular weight excluding hydrogens is 264 g/mol. The molecule has 1 aliphatic rings. The SMILES string of the molecule is O=C1c2ccccc2Cc2c(Br)cccc21. The first kappa shape index (κ1) is 9.79. The maximum Gasteiger partial charge on any atom is 0.193 e. The minimum absolute atomic E-state index is 0.137. The second kappa shape index (κ2) is 3.56. The van der Waals surface area contributed by atoms with E-state index in [1.54, 1.807) is 0 Å². The molecule has 0 atom stereocenters. The Morgan fingerprint density at radius 2 is 1.69 bits per heavy atom. The van der Waals surface area contributed by atoms with Gasteiger partial charge < -0.3 is 0 Å². The van der Waals surface area contributed by atoms with Gasteiger partial charge in [0.1, 0.15) is 0 Å². The third-order valence-corrected chi connectivity index (χ3v) is 3.74. The van der Waals surface area contributed by atoms with Gasteiger partial charge in [0.05, 0.1) is 0 Å². The van der Waals surface area contributed by atoms with Crippen LogP contribution in [0.1, 0.15) is 27.0 Å². The summed E-state index contributed by atoms with van der Waals surface area (Å²) in [5.41, 5.74) is 3.89. The van der Waals surface area contributed by atoms with Crippen molar-refractivity contribution in [2.24, 2.45) is 0 Å². The molecule has 2 aromatic rings. The summed E-state index contributed by atoms with van der Waals surface area (Å²) in [4.78, 5) is 12.2. The number of fused-ring (bicyclic) bond motifs is 2. The lowest BCUT2D eigenvalue weighted by Crippen LogP contribution is -2.15. The van der Waals surface area contributed by atoms with Crippen molar-refractivity contribution in [3.8, 4) is 0 Å². The van der Waals surface area contributed by atoms with Crippen LogP contribution in [0, 0.1) is 0 Å². The third-order valence-electron chi connectivity index (χ3n) is 2.99. The van der Waals surface area contributed by atoms with Crippen molar-refractivity contribution in [3.05, 3.63) is 69.2 Å². The Kier molecular flexibility index (Phi) is 2.18. The van der Waals surface area contributed by atoms with Crippen molar-refractivity contribution in [3.63, 3.8) is 0 Å². The van der Waals surface area contributed by atoms with Crippen molar-refractivity contribution in [2.75, 3.05) is 0 Å². The van der Waals surface area contributed by atoms with E-state index in [4.69, 9.17) is 0 Å². The van der Waals surface area contributed by atoms with Gasteiger partial charge in [-0.05, 0) is 17.2 Å². The number of carbonyl (C=O) groups excluding carboxylic acids is 1. The summed E-state index contributed by atoms with van der Waals surface area (Å²) in [6.07, 6.45) is 0.832. The van der Waals surface area contributed by atoms with Gasteiger partial charge >= 0.3 is 0 Å². The van der Waals surface area contributed by atoms with E-state index in [2.05, 4.69) is 15.9 Å². The smallest absolute Gasteiger partial charge is 0.193 e. The molecule has 16 heavy (non-hydrogen) atoms. The summed E-state index contributed by atoms with van der Waals surface area (Å²) in [5, 5.41) is 0. The molecule has 78 valence electrons. The molecule has 0 heterocycles. The highest BCUT2D eigenvalue weighted by molar-refractivity contribution is 9.10. The molecule has 1 aliphatic carbocycles. The van der Waals surface area contributed by atoms with Gasteiger partial charge in [-0.1, -0.05) is 52.3 Å². The van der Waals surface area contributed by atoms with Crippen LogP contribution in [-0.2, 0) is 6.42 Å². The summed E-state index contributed by atoms with van der Waals surface area (Å²) in [5.74, 6) is 0.137. The van der Waals surface area contributed by atoms with Crippen LogP contribution in [0.4, 0.5) is 0 Å². The van der Waals surface area contributed by atoms with Crippen molar-refractivity contribution in [1.29, 1.82) is 0 Å². The lowest BCUT2D eigenvalue weighted by atomic mass is 9.85. The fourth-order valence-electron chi connectivity index (χ4n) is 2.18. The minimum Gasteiger partial charge on any atom is -0.289 e. The Morgan fingerprint density at radius 1 is 0.938 bits per heavy atom. The van der Waals surface area contributed by atoms with Crippen molar-refractivity contribution >= 4 is 21.7 Å². The minimum atomic E-state index is 0.137. The molecule has 0 aromatic heterocycles. The van der Waals surface area contributed by atoms with E-state index in [1.807, 2.05) is 42.5 Å². The number of hydrogen-bond donors (Lipinski definition) is 0. The summed E-state index contributed by atoms with van der Waals surface area (Å²) in [6.45, 7) is 0. The number of carbonyl (C=O) groups is 1. The van der Waals surface area contributed by atoms with Crippen LogP contribution >= 0.6 is 15.9 Å². The van der Waals surface area contributed by atoms with Crippen LogP contribution in [0.25, 0.3) is 0 Å². The first-order valence-corrected chi connectivity index (χ1v) is 5.96. The molecule has 0 unspecified atom stereocenters. The zero-order valence-electron chi connectivity index (χ0n) is 8.53. The number of halogens is 1. The van der Waals surface area contributed by atoms with Gasteiger partial charge in [-0.15, -0.1) is 0 Å². The van der Waals surface area contributed by atoms with E-state index in [0.29, 0.717) is 0 Å². The highest BCUT2D eigenvalue weighted by Gasteiger charge is 2.23. The molecule has 0 bridgehead atoms. The van der Waals surface area contributed by atoms with E-state index >= 15 is 0 Å². The van der Waals surface area contributed by atoms with Crippen molar-refractivity contribution < 1.29 is 4.79 Å². The summed E-state index contributed by atoms with van der Waals surface area (Å²) in [7, 11) is 0. The topological polar surface area (TPSA) is 17.1 Å². The van der Waals surface area contributed by atoms with Gasteiger partial charge in [0.2, 0.25) is 0 Å². The Labute approximate surface area is 102 Å². The van der Waals surface area contributed by atoms with Crippen LogP contribution in [0.2, 0.25) is 0 Å². The highest BCUT2D eigenvalue weighted by Crippen LogP contribution is 2.31. The lowest BCUT2D eigenvalue weighted by molar-refractivity contribution is 0.103. The van der Waals surface area contributed by atoms with E-state index in [-0.39, 0.29) is 5.78 Å². The number of hydrogen-bond acceptors (Lipinski definition) is 1. The van der Waals surface area contributed by atoms with Crippen LogP contribution in [0.15, 0.2) is 46.9 Å². The fraction of sp³-hybridized carbons (Fsp3) is 0.0714. The first-order chi connectivity index (χ1) is 7.77. The zero-order valence-corrected chi connectivity index (χ0v) is 10.1. The monoisotopic (exact) mass is 272 g/mol. The molecular formula is C14H9BrO. The standard InChI is InChI=1S/C14H9BrO/c15-13-7-3-6-11-12(13)8-9-4-1-2-5-10(9)14(11)16/h1-7H,8H2. The zero-order chi connectivity index (χ0) is 11.1. The largest absolute Gasteiger partial charge is 0.289 e. The van der Waals surface area contributed by atoms with E-state index in [9.17, 15) is 4.79 Å². The molecule has 0 saturated heterocycles. The third kappa shape index (κ3) is 1.34. The van der Waals surface area contributed by atoms with Gasteiger partial charge in [0.25, 0.3) is 0 Å². The normalized spacial score (nSPS) is 13.2. The van der Waals surface area contributed by atoms with Gasteiger partial charge in [-0.25, -0.2) is 0 Å². The predicted molar refractivity (Wildman–Crippen MR) is 66.8 cm³/mol. The number of benzene rings is 2. The molecule has 0 spiro atoms. The molecule has 0 aliphatic heterocycles. The van der Waals surface area contributed by atoms with Gasteiger partial charge in [-0.2, -0.15) is 0 Å². The molecule has 2 heteroatoms. The molecule has 0 N–H and O–H groups in total. The van der Waals surface area contributed by atoms with Crippen LogP contribution in [-0.4, -0.2) is 5.78 Å². The van der Waals surface area contributed by atoms with E-state index in [0.717, 1.165) is 33.1 Å². The van der Waals surface area contributed by atoms with Crippen LogP contribution < -0.4 is 0 Å². The van der Waals surface area contributed by atoms with E-state index < -0.39 is 0 Å². The molecule has 0 radical (unpaired) electrons. The molecule has 1 nitrogen and oxygen atoms in total. The van der Waals surface area contributed by atoms with Crippen LogP contribution in [0.3, 0.4) is 0 Å². The quantitative estimate of drug-likeness (QED) is 0.611. The Bertz CT molecular complexity index is 587. The lowest BCUT2D eigenvalue weighted by Gasteiger charge is -2.19. The molecule has 0 fully saturated rings. The maximum atomic E-state index is 12.2. The van der Waals surface area contributed by atoms with Gasteiger partial charge in [-0.3, -0.25) is 4.79 Å². The number of rotatable bonds is 0. The van der Waals surface area contributed by atoms with Crippen LogP contribution in [0.5, 0.6) is 0 Å². The first-order valence-electron chi connectivity index (χ1n) is 5.17. The van der Waals surface area contributed by atoms with Crippen molar-refractivity contribution in [1.82, 2.24) is 0 Å². The molecule has 2 aromatic carbocycles. The highest BCUT2D eigenvalue weighted by atomic mass is 79.9. The molecule has 0 saturated carbocycles. The Hall–Kier alpha value is -1.41. The summed E-state index contributed by atoms with van der Waals surface area (Å²) in [6, 6.07) is 13.6. The Balaban J connectivity index is 2.26. The Morgan fingerprint density at radius 3 is 2.56 bits per heavy atom. The average molecular weight is 273 g/mol. The molecule has 3 rings (SSSR count). The molecule has 0 amide bonds. The van der Waals surface area contributed by atoms with E-state index in [1.165, 1.54) is 0 Å². The maximum absolute atomic E-state index is 12.2. The number of ketones is 1. The summed E-state index contributed by atoms with van der Waals surface area (Å²) >= 11 is 3.51. The summed E-state index contributed by atoms with van der Waals surface area (Å²) < 4.78 is 1.02. The van der Waals surface area contributed by atoms with Gasteiger partial charge in [0, 0.05) is 22.0 Å². The predicted octanol–water partition coefficient (Wildman–Crippen LogP) is 3.58. The van der Waals surface area contributed by atoms with Gasteiger partial charge in [0.15, 0.2) is 5.78 Å². The van der Waals surface area contributed by atoms with Crippen molar-refractivity contribution in [2.45, 2.75) is 6.42 Å².